The standard InChI is InChI=1S/C4H6N2O3S2.CHF3O3S/c1-5-2-3-6(4(5)10)11(7,8)9;2-1(3,4)8(5,6)7/h2-3H,1H3,(H,7,8,9);(H,5,6,7). The molecule has 0 bridgehead atoms. The Balaban J connectivity index is 0.000000362. The molecule has 0 radical (unpaired) electrons. The van der Waals surface area contributed by atoms with Crippen molar-refractivity contribution in [3.63, 3.8) is 0 Å². The molecule has 1 aromatic rings. The van der Waals surface area contributed by atoms with Gasteiger partial charge in [-0.05, 0) is 0 Å². The number of alkyl halides is 3. The van der Waals surface area contributed by atoms with Crippen LogP contribution in [-0.4, -0.2) is 35.4 Å². The Labute approximate surface area is 111 Å². The molecular formula is C5H7F3N2O6S3. The first kappa shape index (κ1) is 18.2. The van der Waals surface area contributed by atoms with E-state index in [9.17, 15) is 21.6 Å². The van der Waals surface area contributed by atoms with E-state index in [0.29, 0.717) is 3.97 Å². The molecule has 0 amide bonds. The van der Waals surface area contributed by atoms with Gasteiger partial charge in [-0.3, -0.25) is 4.55 Å². The molecule has 0 aromatic carbocycles. The number of imidazole rings is 1. The maximum Gasteiger partial charge on any atom is 0.485 e. The Morgan fingerprint density at radius 3 is 1.84 bits per heavy atom. The average Bonchev–Trinajstić information content (AvgIpc) is 2.43. The van der Waals surface area contributed by atoms with Crippen molar-refractivity contribution in [1.82, 2.24) is 3.97 Å². The highest BCUT2D eigenvalue weighted by atomic mass is 32.2. The Kier molecular flexibility index (Phi) is 5.41. The molecule has 14 heteroatoms. The maximum atomic E-state index is 10.7. The third kappa shape index (κ3) is 5.35. The van der Waals surface area contributed by atoms with E-state index in [1.807, 2.05) is 0 Å². The van der Waals surface area contributed by atoms with E-state index in [1.165, 1.54) is 17.0 Å². The molecule has 0 saturated heterocycles. The van der Waals surface area contributed by atoms with Crippen molar-refractivity contribution in [2.75, 3.05) is 0 Å². The predicted octanol–water partition coefficient (Wildman–Crippen LogP) is -0.696. The van der Waals surface area contributed by atoms with Gasteiger partial charge in [0.1, 0.15) is 6.20 Å². The predicted molar refractivity (Wildman–Crippen MR) is 55.6 cm³/mol. The zero-order valence-corrected chi connectivity index (χ0v) is 11.5. The zero-order valence-electron chi connectivity index (χ0n) is 8.94. The first-order valence-corrected chi connectivity index (χ1v) is 7.19. The lowest BCUT2D eigenvalue weighted by Crippen LogP contribution is -2.28. The summed E-state index contributed by atoms with van der Waals surface area (Å²) in [7, 11) is -8.67. The third-order valence-corrected chi connectivity index (χ3v) is 3.50. The van der Waals surface area contributed by atoms with Crippen LogP contribution in [0.4, 0.5) is 13.2 Å². The fourth-order valence-electron chi connectivity index (χ4n) is 0.629. The topological polar surface area (TPSA) is 120 Å². The second-order valence-electron chi connectivity index (χ2n) is 2.88. The van der Waals surface area contributed by atoms with Crippen LogP contribution in [-0.2, 0) is 27.5 Å². The fourth-order valence-corrected chi connectivity index (χ4v) is 1.62. The van der Waals surface area contributed by atoms with Crippen LogP contribution in [0.5, 0.6) is 0 Å². The molecule has 0 aliphatic heterocycles. The number of hydrogen-bond acceptors (Lipinski definition) is 6. The van der Waals surface area contributed by atoms with Crippen LogP contribution < -0.4 is 4.57 Å². The number of halogens is 3. The van der Waals surface area contributed by atoms with Crippen molar-refractivity contribution < 1.29 is 43.7 Å². The van der Waals surface area contributed by atoms with Crippen molar-refractivity contribution in [1.29, 1.82) is 0 Å². The summed E-state index contributed by atoms with van der Waals surface area (Å²) in [5, 5.41) is 0.146. The second kappa shape index (κ2) is 5.66. The summed E-state index contributed by atoms with van der Waals surface area (Å²) in [6, 6.07) is 0. The third-order valence-electron chi connectivity index (χ3n) is 1.47. The molecule has 19 heavy (non-hydrogen) atoms. The van der Waals surface area contributed by atoms with Crippen molar-refractivity contribution in [2.24, 2.45) is 7.05 Å². The molecule has 0 aliphatic rings. The molecule has 1 heterocycles. The Bertz CT molecular complexity index is 646. The van der Waals surface area contributed by atoms with E-state index in [1.54, 1.807) is 7.05 Å². The quantitative estimate of drug-likeness (QED) is 0.301. The molecule has 1 N–H and O–H groups in total. The minimum absolute atomic E-state index is 0.146. The molecule has 0 spiro atoms. The Morgan fingerprint density at radius 2 is 1.74 bits per heavy atom. The van der Waals surface area contributed by atoms with Gasteiger partial charge in [0, 0.05) is 0 Å². The summed E-state index contributed by atoms with van der Waals surface area (Å²) in [4.78, 5) is 0. The summed E-state index contributed by atoms with van der Waals surface area (Å²) < 4.78 is 90.6. The van der Waals surface area contributed by atoms with Crippen molar-refractivity contribution in [3.8, 4) is 0 Å². The summed E-state index contributed by atoms with van der Waals surface area (Å²) in [5.41, 5.74) is -5.65. The van der Waals surface area contributed by atoms with Gasteiger partial charge >= 0.3 is 21.0 Å². The van der Waals surface area contributed by atoms with Crippen molar-refractivity contribution >= 4 is 33.1 Å². The van der Waals surface area contributed by atoms with Crippen LogP contribution in [0.25, 0.3) is 0 Å². The van der Waals surface area contributed by atoms with E-state index >= 15 is 0 Å². The molecule has 8 nitrogen and oxygen atoms in total. The molecule has 0 unspecified atom stereocenters. The minimum Gasteiger partial charge on any atom is -0.741 e. The molecule has 112 valence electrons. The first-order valence-electron chi connectivity index (χ1n) is 3.94. The second-order valence-corrected chi connectivity index (χ2v) is 5.94. The molecule has 0 fully saturated rings. The lowest BCUT2D eigenvalue weighted by atomic mass is 10.9. The number of rotatable bonds is 1. The van der Waals surface area contributed by atoms with Crippen LogP contribution in [0.15, 0.2) is 17.6 Å². The number of hydrogen-bond donors (Lipinski definition) is 2. The van der Waals surface area contributed by atoms with Crippen LogP contribution in [0.3, 0.4) is 0 Å². The highest BCUT2D eigenvalue weighted by Gasteiger charge is 2.36. The Morgan fingerprint density at radius 1 is 1.37 bits per heavy atom. The summed E-state index contributed by atoms with van der Waals surface area (Å²) in [5.74, 6) is 0. The molecule has 0 atom stereocenters. The monoisotopic (exact) mass is 344 g/mol. The van der Waals surface area contributed by atoms with Crippen LogP contribution in [0.2, 0.25) is 0 Å². The number of thiol groups is 1. The number of aryl methyl sites for hydroxylation is 1. The van der Waals surface area contributed by atoms with Gasteiger partial charge in [-0.2, -0.15) is 21.6 Å². The number of nitrogens with zero attached hydrogens (tertiary/aromatic N) is 2. The van der Waals surface area contributed by atoms with E-state index < -0.39 is 25.9 Å². The molecule has 0 aliphatic carbocycles. The molecular weight excluding hydrogens is 337 g/mol. The minimum atomic E-state index is -6.09. The molecule has 1 rings (SSSR count). The maximum absolute atomic E-state index is 10.7. The van der Waals surface area contributed by atoms with E-state index in [-0.39, 0.29) is 5.16 Å². The van der Waals surface area contributed by atoms with Gasteiger partial charge in [0.2, 0.25) is 0 Å². The van der Waals surface area contributed by atoms with Crippen molar-refractivity contribution in [3.05, 3.63) is 12.4 Å². The lowest BCUT2D eigenvalue weighted by molar-refractivity contribution is -0.708. The van der Waals surface area contributed by atoms with Gasteiger partial charge < -0.3 is 4.55 Å². The highest BCUT2D eigenvalue weighted by molar-refractivity contribution is 7.86. The number of aromatic nitrogens is 2. The van der Waals surface area contributed by atoms with Gasteiger partial charge in [-0.1, -0.05) is 16.6 Å². The normalized spacial score (nSPS) is 12.8. The average molecular weight is 344 g/mol. The zero-order chi connectivity index (χ0) is 15.6. The smallest absolute Gasteiger partial charge is 0.485 e. The summed E-state index contributed by atoms with van der Waals surface area (Å²) in [6.45, 7) is 0. The van der Waals surface area contributed by atoms with Crippen LogP contribution in [0, 0.1) is 0 Å². The SMILES string of the molecule is C[n+]1ccn(S(=O)(=O)O)c1S.O=S(=O)([O-])C(F)(F)F. The Hall–Kier alpha value is -0.830. The van der Waals surface area contributed by atoms with E-state index in [4.69, 9.17) is 17.5 Å². The van der Waals surface area contributed by atoms with Gasteiger partial charge in [-0.15, -0.1) is 0 Å². The summed E-state index contributed by atoms with van der Waals surface area (Å²) in [6.07, 6.45) is 2.67. The summed E-state index contributed by atoms with van der Waals surface area (Å²) >= 11 is 3.84. The van der Waals surface area contributed by atoms with Crippen molar-refractivity contribution in [2.45, 2.75) is 10.7 Å². The van der Waals surface area contributed by atoms with E-state index in [2.05, 4.69) is 12.6 Å². The van der Waals surface area contributed by atoms with E-state index in [0.717, 1.165) is 0 Å². The first-order chi connectivity index (χ1) is 8.18. The highest BCUT2D eigenvalue weighted by Crippen LogP contribution is 2.20. The van der Waals surface area contributed by atoms with Crippen LogP contribution in [0.1, 0.15) is 0 Å². The molecule has 0 saturated carbocycles. The van der Waals surface area contributed by atoms with Gasteiger partial charge in [0.25, 0.3) is 0 Å². The van der Waals surface area contributed by atoms with Gasteiger partial charge in [0.15, 0.2) is 16.3 Å². The largest absolute Gasteiger partial charge is 0.741 e. The van der Waals surface area contributed by atoms with Gasteiger partial charge in [-0.25, -0.2) is 13.0 Å². The molecule has 1 aromatic heterocycles. The van der Waals surface area contributed by atoms with Gasteiger partial charge in [0.05, 0.1) is 7.05 Å². The lowest BCUT2D eigenvalue weighted by Gasteiger charge is -2.08. The fraction of sp³-hybridized carbons (Fsp3) is 0.400. The van der Waals surface area contributed by atoms with Crippen LogP contribution >= 0.6 is 12.6 Å².